The van der Waals surface area contributed by atoms with Crippen LogP contribution in [0.15, 0.2) is 18.2 Å². The normalized spacial score (nSPS) is 11.3. The predicted octanol–water partition coefficient (Wildman–Crippen LogP) is 3.54. The molecule has 0 aliphatic heterocycles. The van der Waals surface area contributed by atoms with E-state index in [4.69, 9.17) is 11.6 Å². The maximum Gasteiger partial charge on any atom is 0.162 e. The van der Waals surface area contributed by atoms with Gasteiger partial charge in [0.05, 0.1) is 5.88 Å². The Kier molecular flexibility index (Phi) is 4.70. The van der Waals surface area contributed by atoms with Crippen molar-refractivity contribution in [1.29, 1.82) is 0 Å². The highest BCUT2D eigenvalue weighted by molar-refractivity contribution is 6.16. The second kappa shape index (κ2) is 6.31. The van der Waals surface area contributed by atoms with Crippen molar-refractivity contribution >= 4 is 11.6 Å². The van der Waals surface area contributed by atoms with Crippen LogP contribution in [0.25, 0.3) is 0 Å². The molecule has 0 aliphatic rings. The first-order valence-corrected chi connectivity index (χ1v) is 6.96. The lowest BCUT2D eigenvalue weighted by molar-refractivity contribution is 0.488. The molecule has 2 rings (SSSR count). The molecule has 0 bridgehead atoms. The highest BCUT2D eigenvalue weighted by Crippen LogP contribution is 2.17. The molecular formula is C14H16ClF2N3. The number of aromatic nitrogens is 3. The topological polar surface area (TPSA) is 30.7 Å². The van der Waals surface area contributed by atoms with E-state index in [9.17, 15) is 8.78 Å². The highest BCUT2D eigenvalue weighted by Gasteiger charge is 2.16. The summed E-state index contributed by atoms with van der Waals surface area (Å²) < 4.78 is 28.8. The van der Waals surface area contributed by atoms with Crippen LogP contribution in [0.1, 0.15) is 31.1 Å². The molecule has 20 heavy (non-hydrogen) atoms. The first-order valence-electron chi connectivity index (χ1n) is 6.42. The summed E-state index contributed by atoms with van der Waals surface area (Å²) in [6.07, 6.45) is 0.195. The fraction of sp³-hybridized carbons (Fsp3) is 0.429. The molecule has 6 heteroatoms. The minimum atomic E-state index is -0.852. The number of rotatable bonds is 5. The number of benzene rings is 1. The van der Waals surface area contributed by atoms with Crippen LogP contribution in [0.2, 0.25) is 0 Å². The third-order valence-electron chi connectivity index (χ3n) is 2.95. The van der Waals surface area contributed by atoms with E-state index in [1.165, 1.54) is 6.07 Å². The molecule has 0 fully saturated rings. The Morgan fingerprint density at radius 2 is 1.90 bits per heavy atom. The van der Waals surface area contributed by atoms with Crippen molar-refractivity contribution < 1.29 is 8.78 Å². The summed E-state index contributed by atoms with van der Waals surface area (Å²) in [4.78, 5) is 0. The van der Waals surface area contributed by atoms with Gasteiger partial charge < -0.3 is 4.57 Å². The van der Waals surface area contributed by atoms with Gasteiger partial charge in [-0.25, -0.2) is 8.78 Å². The highest BCUT2D eigenvalue weighted by atomic mass is 35.5. The van der Waals surface area contributed by atoms with Gasteiger partial charge in [-0.2, -0.15) is 0 Å². The molecule has 0 saturated carbocycles. The second-order valence-electron chi connectivity index (χ2n) is 5.06. The first kappa shape index (κ1) is 14.9. The third kappa shape index (κ3) is 3.15. The smallest absolute Gasteiger partial charge is 0.162 e. The molecule has 0 N–H and O–H groups in total. The Hall–Kier alpha value is -1.49. The van der Waals surface area contributed by atoms with E-state index in [-0.39, 0.29) is 17.9 Å². The molecule has 0 saturated heterocycles. The minimum Gasteiger partial charge on any atom is -0.313 e. The van der Waals surface area contributed by atoms with Crippen molar-refractivity contribution in [3.8, 4) is 0 Å². The van der Waals surface area contributed by atoms with E-state index < -0.39 is 11.6 Å². The lowest BCUT2D eigenvalue weighted by Gasteiger charge is -2.12. The second-order valence-corrected chi connectivity index (χ2v) is 5.33. The van der Waals surface area contributed by atoms with Crippen molar-refractivity contribution in [2.75, 3.05) is 0 Å². The van der Waals surface area contributed by atoms with Gasteiger partial charge in [0.25, 0.3) is 0 Å². The van der Waals surface area contributed by atoms with Gasteiger partial charge in [-0.1, -0.05) is 26.0 Å². The van der Waals surface area contributed by atoms with Crippen molar-refractivity contribution in [3.05, 3.63) is 47.0 Å². The summed E-state index contributed by atoms with van der Waals surface area (Å²) in [5, 5.41) is 8.05. The molecule has 0 radical (unpaired) electrons. The van der Waals surface area contributed by atoms with Crippen LogP contribution >= 0.6 is 11.6 Å². The molecule has 0 atom stereocenters. The number of hydrogen-bond acceptors (Lipinski definition) is 2. The lowest BCUT2D eigenvalue weighted by Crippen LogP contribution is -2.12. The van der Waals surface area contributed by atoms with Gasteiger partial charge in [-0.15, -0.1) is 21.8 Å². The van der Waals surface area contributed by atoms with E-state index in [1.807, 2.05) is 4.57 Å². The molecule has 0 aliphatic carbocycles. The Morgan fingerprint density at radius 1 is 1.20 bits per heavy atom. The largest absolute Gasteiger partial charge is 0.313 e. The van der Waals surface area contributed by atoms with E-state index in [0.717, 1.165) is 6.07 Å². The van der Waals surface area contributed by atoms with Crippen LogP contribution in [-0.2, 0) is 18.8 Å². The fourth-order valence-electron chi connectivity index (χ4n) is 2.03. The summed E-state index contributed by atoms with van der Waals surface area (Å²) in [5.41, 5.74) is 0.267. The standard InChI is InChI=1S/C14H16ClF2N3/c1-9(2)8-20-12(18-19-13(20)7-15)6-10-4-3-5-11(16)14(10)17/h3-5,9H,6-8H2,1-2H3. The zero-order chi connectivity index (χ0) is 14.7. The molecule has 108 valence electrons. The number of alkyl halides is 1. The summed E-state index contributed by atoms with van der Waals surface area (Å²) in [6, 6.07) is 4.13. The summed E-state index contributed by atoms with van der Waals surface area (Å²) in [5.74, 6) is 0.176. The predicted molar refractivity (Wildman–Crippen MR) is 73.6 cm³/mol. The summed E-state index contributed by atoms with van der Waals surface area (Å²) in [7, 11) is 0. The Labute approximate surface area is 121 Å². The van der Waals surface area contributed by atoms with Crippen LogP contribution in [0.5, 0.6) is 0 Å². The van der Waals surface area contributed by atoms with Crippen LogP contribution in [0.4, 0.5) is 8.78 Å². The zero-order valence-electron chi connectivity index (χ0n) is 11.4. The van der Waals surface area contributed by atoms with Crippen molar-refractivity contribution in [2.24, 2.45) is 5.92 Å². The van der Waals surface area contributed by atoms with Gasteiger partial charge in [0.2, 0.25) is 0 Å². The van der Waals surface area contributed by atoms with Crippen LogP contribution in [0, 0.1) is 17.6 Å². The Bertz CT molecular complexity index is 596. The van der Waals surface area contributed by atoms with Gasteiger partial charge in [0, 0.05) is 13.0 Å². The molecule has 1 heterocycles. The maximum atomic E-state index is 13.7. The molecule has 0 amide bonds. The average Bonchev–Trinajstić information content (AvgIpc) is 2.77. The van der Waals surface area contributed by atoms with Gasteiger partial charge >= 0.3 is 0 Å². The minimum absolute atomic E-state index is 0.195. The number of hydrogen-bond donors (Lipinski definition) is 0. The van der Waals surface area contributed by atoms with Crippen LogP contribution in [0.3, 0.4) is 0 Å². The summed E-state index contributed by atoms with van der Waals surface area (Å²) in [6.45, 7) is 4.82. The molecule has 3 nitrogen and oxygen atoms in total. The van der Waals surface area contributed by atoms with E-state index >= 15 is 0 Å². The summed E-state index contributed by atoms with van der Waals surface area (Å²) >= 11 is 5.83. The van der Waals surface area contributed by atoms with Gasteiger partial charge in [0.1, 0.15) is 11.6 Å². The van der Waals surface area contributed by atoms with Gasteiger partial charge in [0.15, 0.2) is 11.6 Å². The SMILES string of the molecule is CC(C)Cn1c(CCl)nnc1Cc1cccc(F)c1F. The molecular weight excluding hydrogens is 284 g/mol. The quantitative estimate of drug-likeness (QED) is 0.791. The molecule has 2 aromatic rings. The lowest BCUT2D eigenvalue weighted by atomic mass is 10.1. The van der Waals surface area contributed by atoms with Crippen LogP contribution in [-0.4, -0.2) is 14.8 Å². The molecule has 0 spiro atoms. The number of halogens is 3. The molecule has 0 unspecified atom stereocenters. The maximum absolute atomic E-state index is 13.7. The van der Waals surface area contributed by atoms with Gasteiger partial charge in [-0.05, 0) is 17.5 Å². The van der Waals surface area contributed by atoms with Crippen molar-refractivity contribution in [2.45, 2.75) is 32.7 Å². The fourth-order valence-corrected chi connectivity index (χ4v) is 2.23. The zero-order valence-corrected chi connectivity index (χ0v) is 12.2. The Balaban J connectivity index is 2.33. The van der Waals surface area contributed by atoms with Crippen molar-refractivity contribution in [1.82, 2.24) is 14.8 Å². The molecule has 1 aromatic carbocycles. The molecule has 1 aromatic heterocycles. The average molecular weight is 300 g/mol. The van der Waals surface area contributed by atoms with E-state index in [1.54, 1.807) is 6.07 Å². The monoisotopic (exact) mass is 299 g/mol. The van der Waals surface area contributed by atoms with E-state index in [0.29, 0.717) is 24.1 Å². The van der Waals surface area contributed by atoms with Crippen LogP contribution < -0.4 is 0 Å². The Morgan fingerprint density at radius 3 is 2.55 bits per heavy atom. The first-order chi connectivity index (χ1) is 9.52. The van der Waals surface area contributed by atoms with E-state index in [2.05, 4.69) is 24.0 Å². The van der Waals surface area contributed by atoms with Crippen molar-refractivity contribution in [3.63, 3.8) is 0 Å². The third-order valence-corrected chi connectivity index (χ3v) is 3.19. The number of nitrogens with zero attached hydrogens (tertiary/aromatic N) is 3. The van der Waals surface area contributed by atoms with Gasteiger partial charge in [-0.3, -0.25) is 0 Å².